The van der Waals surface area contributed by atoms with E-state index in [1.807, 2.05) is 0 Å². The Morgan fingerprint density at radius 3 is 2.86 bits per heavy atom. The maximum absolute atomic E-state index is 11.1. The highest BCUT2D eigenvalue weighted by Crippen LogP contribution is 2.23. The molecule has 78 valence electrons. The minimum absolute atomic E-state index is 0.120. The van der Waals surface area contributed by atoms with Gasteiger partial charge in [0.1, 0.15) is 0 Å². The van der Waals surface area contributed by atoms with Crippen LogP contribution in [-0.2, 0) is 4.79 Å². The third-order valence-corrected chi connectivity index (χ3v) is 2.69. The molecule has 1 aliphatic rings. The smallest absolute Gasteiger partial charge is 0.232 e. The highest BCUT2D eigenvalue weighted by Gasteiger charge is 2.22. The van der Waals surface area contributed by atoms with Gasteiger partial charge in [0.05, 0.1) is 12.5 Å². The van der Waals surface area contributed by atoms with E-state index in [4.69, 9.17) is 6.42 Å². The van der Waals surface area contributed by atoms with Crippen LogP contribution < -0.4 is 5.32 Å². The third-order valence-electron chi connectivity index (χ3n) is 2.69. The maximum Gasteiger partial charge on any atom is 0.232 e. The molecule has 2 N–H and O–H groups in total. The lowest BCUT2D eigenvalue weighted by Gasteiger charge is -2.27. The van der Waals surface area contributed by atoms with Gasteiger partial charge in [0.2, 0.25) is 5.91 Å². The fourth-order valence-corrected chi connectivity index (χ4v) is 1.83. The van der Waals surface area contributed by atoms with E-state index in [1.54, 1.807) is 0 Å². The van der Waals surface area contributed by atoms with Gasteiger partial charge in [0.25, 0.3) is 0 Å². The van der Waals surface area contributed by atoms with Gasteiger partial charge < -0.3 is 10.4 Å². The first-order chi connectivity index (χ1) is 6.74. The van der Waals surface area contributed by atoms with Crippen molar-refractivity contribution < 1.29 is 9.90 Å². The van der Waals surface area contributed by atoms with Gasteiger partial charge >= 0.3 is 0 Å². The Bertz CT molecular complexity index is 232. The molecular formula is C11H17NO2. The van der Waals surface area contributed by atoms with E-state index >= 15 is 0 Å². The molecule has 0 spiro atoms. The Hall–Kier alpha value is -1.01. The molecule has 1 aliphatic carbocycles. The summed E-state index contributed by atoms with van der Waals surface area (Å²) in [4.78, 5) is 11.1. The second kappa shape index (κ2) is 5.66. The lowest BCUT2D eigenvalue weighted by molar-refractivity contribution is -0.120. The number of carbonyl (C=O) groups is 1. The molecule has 3 nitrogen and oxygen atoms in total. The van der Waals surface area contributed by atoms with Gasteiger partial charge in [0, 0.05) is 12.5 Å². The van der Waals surface area contributed by atoms with Crippen LogP contribution in [0.4, 0.5) is 0 Å². The number of amides is 1. The molecule has 0 heterocycles. The topological polar surface area (TPSA) is 49.3 Å². The summed E-state index contributed by atoms with van der Waals surface area (Å²) in [6, 6.07) is 0. The van der Waals surface area contributed by atoms with Crippen LogP contribution in [0.2, 0.25) is 0 Å². The van der Waals surface area contributed by atoms with Gasteiger partial charge in [0.15, 0.2) is 0 Å². The summed E-state index contributed by atoms with van der Waals surface area (Å²) in [5.41, 5.74) is 0. The number of carbonyl (C=O) groups excluding carboxylic acids is 1. The van der Waals surface area contributed by atoms with Crippen molar-refractivity contribution in [2.75, 3.05) is 6.54 Å². The van der Waals surface area contributed by atoms with Crippen molar-refractivity contribution in [1.29, 1.82) is 0 Å². The Morgan fingerprint density at radius 1 is 1.50 bits per heavy atom. The van der Waals surface area contributed by atoms with Gasteiger partial charge in [-0.15, -0.1) is 6.42 Å². The molecule has 0 aromatic carbocycles. The maximum atomic E-state index is 11.1. The van der Waals surface area contributed by atoms with Gasteiger partial charge in [-0.1, -0.05) is 18.8 Å². The number of hydrogen-bond acceptors (Lipinski definition) is 2. The quantitative estimate of drug-likeness (QED) is 0.650. The normalized spacial score (nSPS) is 26.6. The molecule has 0 radical (unpaired) electrons. The fourth-order valence-electron chi connectivity index (χ4n) is 1.83. The van der Waals surface area contributed by atoms with E-state index in [2.05, 4.69) is 11.2 Å². The number of hydrogen-bond donors (Lipinski definition) is 2. The molecule has 1 amide bonds. The van der Waals surface area contributed by atoms with Crippen molar-refractivity contribution in [1.82, 2.24) is 5.32 Å². The first-order valence-corrected chi connectivity index (χ1v) is 5.12. The molecule has 14 heavy (non-hydrogen) atoms. The van der Waals surface area contributed by atoms with E-state index in [-0.39, 0.29) is 24.3 Å². The molecule has 0 bridgehead atoms. The molecule has 1 fully saturated rings. The Kier molecular flexibility index (Phi) is 4.48. The lowest BCUT2D eigenvalue weighted by Crippen LogP contribution is -2.36. The summed E-state index contributed by atoms with van der Waals surface area (Å²) in [7, 11) is 0. The minimum Gasteiger partial charge on any atom is -0.393 e. The Balaban J connectivity index is 2.23. The average Bonchev–Trinajstić information content (AvgIpc) is 2.17. The van der Waals surface area contributed by atoms with Gasteiger partial charge in [-0.3, -0.25) is 4.79 Å². The standard InChI is InChI=1S/C11H17NO2/c1-2-5-11(14)12-8-9-6-3-4-7-10(9)13/h1,9-10,13H,3-8H2,(H,12,14). The molecule has 0 aromatic heterocycles. The molecule has 0 aliphatic heterocycles. The van der Waals surface area contributed by atoms with Crippen molar-refractivity contribution in [2.24, 2.45) is 5.92 Å². The number of terminal acetylenes is 1. The average molecular weight is 195 g/mol. The monoisotopic (exact) mass is 195 g/mol. The van der Waals surface area contributed by atoms with Crippen LogP contribution in [0.15, 0.2) is 0 Å². The second-order valence-corrected chi connectivity index (χ2v) is 3.80. The van der Waals surface area contributed by atoms with E-state index in [1.165, 1.54) is 0 Å². The van der Waals surface area contributed by atoms with Crippen LogP contribution in [0.25, 0.3) is 0 Å². The Labute approximate surface area is 84.9 Å². The van der Waals surface area contributed by atoms with Gasteiger partial charge in [-0.2, -0.15) is 0 Å². The predicted octanol–water partition coefficient (Wildman–Crippen LogP) is 0.677. The summed E-state index contributed by atoms with van der Waals surface area (Å²) in [5.74, 6) is 2.39. The molecule has 1 saturated carbocycles. The lowest BCUT2D eigenvalue weighted by atomic mass is 9.86. The van der Waals surface area contributed by atoms with Crippen LogP contribution in [0.3, 0.4) is 0 Å². The first-order valence-electron chi connectivity index (χ1n) is 5.12. The van der Waals surface area contributed by atoms with Crippen LogP contribution in [0, 0.1) is 18.3 Å². The van der Waals surface area contributed by atoms with Gasteiger partial charge in [-0.05, 0) is 12.8 Å². The number of nitrogens with one attached hydrogen (secondary N) is 1. The zero-order chi connectivity index (χ0) is 10.4. The summed E-state index contributed by atoms with van der Waals surface area (Å²) in [5, 5.41) is 12.4. The van der Waals surface area contributed by atoms with Crippen molar-refractivity contribution in [2.45, 2.75) is 38.2 Å². The fraction of sp³-hybridized carbons (Fsp3) is 0.727. The third kappa shape index (κ3) is 3.39. The number of aliphatic hydroxyl groups excluding tert-OH is 1. The van der Waals surface area contributed by atoms with Crippen LogP contribution in [-0.4, -0.2) is 23.7 Å². The minimum atomic E-state index is -0.255. The molecule has 2 atom stereocenters. The summed E-state index contributed by atoms with van der Waals surface area (Å²) in [6.07, 6.45) is 8.97. The van der Waals surface area contributed by atoms with E-state index in [0.29, 0.717) is 6.54 Å². The first kappa shape index (κ1) is 11.1. The Morgan fingerprint density at radius 2 is 2.21 bits per heavy atom. The molecule has 0 aromatic rings. The summed E-state index contributed by atoms with van der Waals surface area (Å²) >= 11 is 0. The van der Waals surface area contributed by atoms with Crippen LogP contribution in [0.1, 0.15) is 32.1 Å². The van der Waals surface area contributed by atoms with Gasteiger partial charge in [-0.25, -0.2) is 0 Å². The second-order valence-electron chi connectivity index (χ2n) is 3.80. The van der Waals surface area contributed by atoms with Crippen molar-refractivity contribution in [3.63, 3.8) is 0 Å². The van der Waals surface area contributed by atoms with Crippen molar-refractivity contribution >= 4 is 5.91 Å². The SMILES string of the molecule is C#CCC(=O)NCC1CCCCC1O. The zero-order valence-electron chi connectivity index (χ0n) is 8.33. The highest BCUT2D eigenvalue weighted by atomic mass is 16.3. The summed E-state index contributed by atoms with van der Waals surface area (Å²) < 4.78 is 0. The molecule has 0 saturated heterocycles. The zero-order valence-corrected chi connectivity index (χ0v) is 8.33. The van der Waals surface area contributed by atoms with Crippen molar-refractivity contribution in [3.8, 4) is 12.3 Å². The van der Waals surface area contributed by atoms with E-state index < -0.39 is 0 Å². The van der Waals surface area contributed by atoms with Crippen LogP contribution >= 0.6 is 0 Å². The number of rotatable bonds is 3. The highest BCUT2D eigenvalue weighted by molar-refractivity contribution is 5.78. The van der Waals surface area contributed by atoms with Crippen molar-refractivity contribution in [3.05, 3.63) is 0 Å². The van der Waals surface area contributed by atoms with E-state index in [9.17, 15) is 9.90 Å². The molecule has 1 rings (SSSR count). The molecular weight excluding hydrogens is 178 g/mol. The van der Waals surface area contributed by atoms with E-state index in [0.717, 1.165) is 25.7 Å². The predicted molar refractivity (Wildman–Crippen MR) is 54.4 cm³/mol. The largest absolute Gasteiger partial charge is 0.393 e. The molecule has 2 unspecified atom stereocenters. The number of aliphatic hydroxyl groups is 1. The van der Waals surface area contributed by atoms with Crippen LogP contribution in [0.5, 0.6) is 0 Å². The summed E-state index contributed by atoms with van der Waals surface area (Å²) in [6.45, 7) is 0.557. The molecule has 3 heteroatoms.